The van der Waals surface area contributed by atoms with Crippen molar-refractivity contribution < 1.29 is 14.6 Å². The molecule has 1 amide bonds. The van der Waals surface area contributed by atoms with E-state index in [0.29, 0.717) is 4.90 Å². The second-order valence-electron chi connectivity index (χ2n) is 3.61. The number of hydrogen-bond acceptors (Lipinski definition) is 3. The van der Waals surface area contributed by atoms with Gasteiger partial charge in [0, 0.05) is 0 Å². The van der Waals surface area contributed by atoms with Crippen LogP contribution in [0.3, 0.4) is 0 Å². The van der Waals surface area contributed by atoms with Crippen molar-refractivity contribution in [2.75, 3.05) is 0 Å². The number of hydrogen-bond donors (Lipinski definition) is 1. The molecule has 1 N–H and O–H groups in total. The van der Waals surface area contributed by atoms with E-state index in [2.05, 4.69) is 0 Å². The number of halogens is 9. The van der Waals surface area contributed by atoms with Gasteiger partial charge in [-0.05, 0) is 0 Å². The predicted molar refractivity (Wildman–Crippen MR) is 82.4 cm³/mol. The standard InChI is InChI=1S/C7H4Cl9NO3/c8-5(9,10)1-2(18)17(3(19)6(11,12)13)4(20-1)7(14,15)16/h1,3-4,19H/t1-,3+,4+/m0/s1. The highest BCUT2D eigenvalue weighted by molar-refractivity contribution is 6.70. The molecule has 0 radical (unpaired) electrons. The first-order chi connectivity index (χ1) is 8.67. The zero-order chi connectivity index (χ0) is 16.1. The van der Waals surface area contributed by atoms with Gasteiger partial charge in [0.05, 0.1) is 0 Å². The lowest BCUT2D eigenvalue weighted by atomic mass is 10.3. The molecule has 4 nitrogen and oxygen atoms in total. The second-order valence-corrected chi connectivity index (χ2v) is 10.7. The Bertz CT molecular complexity index is 386. The van der Waals surface area contributed by atoms with Gasteiger partial charge in [-0.15, -0.1) is 0 Å². The summed E-state index contributed by atoms with van der Waals surface area (Å²) in [5.41, 5.74) is 0. The molecule has 1 rings (SSSR count). The summed E-state index contributed by atoms with van der Waals surface area (Å²) < 4.78 is -1.57. The van der Waals surface area contributed by atoms with Crippen LogP contribution in [-0.4, -0.2) is 45.9 Å². The highest BCUT2D eigenvalue weighted by Crippen LogP contribution is 2.47. The molecule has 1 saturated heterocycles. The first-order valence-corrected chi connectivity index (χ1v) is 7.93. The Kier molecular flexibility index (Phi) is 6.50. The molecule has 0 aromatic rings. The largest absolute Gasteiger partial charge is 0.369 e. The zero-order valence-electron chi connectivity index (χ0n) is 8.84. The molecule has 118 valence electrons. The predicted octanol–water partition coefficient (Wildman–Crippen LogP) is 3.97. The number of carbonyl (C=O) groups excluding carboxylic acids is 1. The minimum atomic E-state index is -2.30. The van der Waals surface area contributed by atoms with Crippen LogP contribution in [0.2, 0.25) is 0 Å². The van der Waals surface area contributed by atoms with Crippen molar-refractivity contribution in [2.45, 2.75) is 29.9 Å². The van der Waals surface area contributed by atoms with Crippen LogP contribution in [0.25, 0.3) is 0 Å². The van der Waals surface area contributed by atoms with Gasteiger partial charge in [-0.2, -0.15) is 0 Å². The lowest BCUT2D eigenvalue weighted by Gasteiger charge is -2.34. The molecule has 0 aromatic carbocycles. The number of carbonyl (C=O) groups is 1. The number of rotatable bonds is 1. The molecular formula is C7H4Cl9NO3. The van der Waals surface area contributed by atoms with Crippen LogP contribution >= 0.6 is 104 Å². The summed E-state index contributed by atoms with van der Waals surface area (Å²) in [5.74, 6) is -1.01. The van der Waals surface area contributed by atoms with Crippen molar-refractivity contribution in [1.82, 2.24) is 4.90 Å². The normalized spacial score (nSPS) is 27.1. The molecule has 0 spiro atoms. The zero-order valence-corrected chi connectivity index (χ0v) is 15.6. The van der Waals surface area contributed by atoms with Crippen molar-refractivity contribution in [3.63, 3.8) is 0 Å². The van der Waals surface area contributed by atoms with Crippen LogP contribution in [-0.2, 0) is 9.53 Å². The summed E-state index contributed by atoms with van der Waals surface area (Å²) >= 11 is 50.2. The van der Waals surface area contributed by atoms with Crippen LogP contribution in [0.1, 0.15) is 0 Å². The van der Waals surface area contributed by atoms with E-state index >= 15 is 0 Å². The fraction of sp³-hybridized carbons (Fsp3) is 0.857. The molecule has 1 aliphatic rings. The van der Waals surface area contributed by atoms with Gasteiger partial charge < -0.3 is 9.84 Å². The Balaban J connectivity index is 3.20. The van der Waals surface area contributed by atoms with Crippen molar-refractivity contribution in [3.8, 4) is 0 Å². The van der Waals surface area contributed by atoms with Gasteiger partial charge in [0.25, 0.3) is 5.91 Å². The third kappa shape index (κ3) is 4.51. The molecule has 3 atom stereocenters. The Labute approximate surface area is 158 Å². The van der Waals surface area contributed by atoms with Gasteiger partial charge >= 0.3 is 0 Å². The molecule has 0 bridgehead atoms. The van der Waals surface area contributed by atoms with Crippen LogP contribution < -0.4 is 0 Å². The van der Waals surface area contributed by atoms with Crippen LogP contribution in [0.4, 0.5) is 0 Å². The van der Waals surface area contributed by atoms with Crippen molar-refractivity contribution in [3.05, 3.63) is 0 Å². The maximum absolute atomic E-state index is 12.1. The third-order valence-corrected chi connectivity index (χ3v) is 3.87. The topological polar surface area (TPSA) is 49.8 Å². The first kappa shape index (κ1) is 20.0. The fourth-order valence-electron chi connectivity index (χ4n) is 1.36. The summed E-state index contributed by atoms with van der Waals surface area (Å²) in [4.78, 5) is 12.6. The van der Waals surface area contributed by atoms with Gasteiger partial charge in [0.15, 0.2) is 18.6 Å². The van der Waals surface area contributed by atoms with E-state index < -0.39 is 35.8 Å². The molecule has 0 aromatic heterocycles. The SMILES string of the molecule is O=C1[C@@H](C(Cl)(Cl)Cl)O[C@H](C(Cl)(Cl)Cl)N1[C@H](O)C(Cl)(Cl)Cl. The number of aliphatic hydroxyl groups is 1. The number of alkyl halides is 9. The fourth-order valence-corrected chi connectivity index (χ4v) is 2.58. The average Bonchev–Trinajstić information content (AvgIpc) is 2.51. The molecule has 20 heavy (non-hydrogen) atoms. The van der Waals surface area contributed by atoms with Gasteiger partial charge in [0.2, 0.25) is 11.4 Å². The lowest BCUT2D eigenvalue weighted by molar-refractivity contribution is -0.140. The molecule has 0 aliphatic carbocycles. The summed E-state index contributed by atoms with van der Waals surface area (Å²) in [6.45, 7) is 0. The molecular weight excluding hydrogens is 465 g/mol. The van der Waals surface area contributed by atoms with Crippen LogP contribution in [0.15, 0.2) is 0 Å². The molecule has 1 aliphatic heterocycles. The first-order valence-electron chi connectivity index (χ1n) is 4.53. The van der Waals surface area contributed by atoms with E-state index in [1.165, 1.54) is 0 Å². The van der Waals surface area contributed by atoms with Gasteiger partial charge in [-0.3, -0.25) is 9.69 Å². The van der Waals surface area contributed by atoms with E-state index in [1.807, 2.05) is 0 Å². The van der Waals surface area contributed by atoms with E-state index in [0.717, 1.165) is 0 Å². The van der Waals surface area contributed by atoms with Crippen LogP contribution in [0, 0.1) is 0 Å². The maximum atomic E-state index is 12.1. The molecule has 13 heteroatoms. The molecule has 0 unspecified atom stereocenters. The van der Waals surface area contributed by atoms with E-state index in [1.54, 1.807) is 0 Å². The Morgan fingerprint density at radius 1 is 1.00 bits per heavy atom. The Hall–Kier alpha value is 2.00. The van der Waals surface area contributed by atoms with Crippen molar-refractivity contribution in [2.24, 2.45) is 0 Å². The van der Waals surface area contributed by atoms with E-state index in [4.69, 9.17) is 109 Å². The minimum Gasteiger partial charge on any atom is -0.369 e. The lowest BCUT2D eigenvalue weighted by Crippen LogP contribution is -2.53. The minimum absolute atomic E-state index is 0.493. The third-order valence-electron chi connectivity index (χ3n) is 2.13. The molecule has 0 saturated carbocycles. The van der Waals surface area contributed by atoms with Crippen molar-refractivity contribution >= 4 is 110 Å². The maximum Gasteiger partial charge on any atom is 0.260 e. The van der Waals surface area contributed by atoms with Gasteiger partial charge in [-0.25, -0.2) is 0 Å². The van der Waals surface area contributed by atoms with E-state index in [9.17, 15) is 9.90 Å². The Morgan fingerprint density at radius 3 is 1.75 bits per heavy atom. The highest BCUT2D eigenvalue weighted by atomic mass is 35.6. The van der Waals surface area contributed by atoms with Gasteiger partial charge in [0.1, 0.15) is 0 Å². The quantitative estimate of drug-likeness (QED) is 0.592. The smallest absolute Gasteiger partial charge is 0.260 e. The highest BCUT2D eigenvalue weighted by Gasteiger charge is 2.60. The van der Waals surface area contributed by atoms with Crippen molar-refractivity contribution in [1.29, 1.82) is 0 Å². The summed E-state index contributed by atoms with van der Waals surface area (Å²) in [5, 5.41) is 9.90. The summed E-state index contributed by atoms with van der Waals surface area (Å²) in [6.07, 6.45) is -5.25. The second kappa shape index (κ2) is 6.48. The number of ether oxygens (including phenoxy) is 1. The molecule has 1 fully saturated rings. The van der Waals surface area contributed by atoms with E-state index in [-0.39, 0.29) is 0 Å². The summed E-state index contributed by atoms with van der Waals surface area (Å²) in [7, 11) is 0. The molecule has 1 heterocycles. The summed E-state index contributed by atoms with van der Waals surface area (Å²) in [6, 6.07) is 0. The number of aliphatic hydroxyl groups excluding tert-OH is 1. The number of amides is 1. The van der Waals surface area contributed by atoms with Crippen LogP contribution in [0.5, 0.6) is 0 Å². The van der Waals surface area contributed by atoms with Gasteiger partial charge in [-0.1, -0.05) is 104 Å². The average molecular weight is 469 g/mol. The monoisotopic (exact) mass is 465 g/mol. The Morgan fingerprint density at radius 2 is 1.45 bits per heavy atom. The number of nitrogens with zero attached hydrogens (tertiary/aromatic N) is 1.